The summed E-state index contributed by atoms with van der Waals surface area (Å²) in [7, 11) is 0. The average molecular weight is 467 g/mol. The second-order valence-electron chi connectivity index (χ2n) is 7.36. The highest BCUT2D eigenvalue weighted by molar-refractivity contribution is 6.04. The van der Waals surface area contributed by atoms with Crippen molar-refractivity contribution < 1.29 is 23.5 Å². The second-order valence-corrected chi connectivity index (χ2v) is 7.36. The van der Waals surface area contributed by atoms with Crippen molar-refractivity contribution in [2.24, 2.45) is 0 Å². The number of nitrogens with zero attached hydrogens (tertiary/aromatic N) is 2. The van der Waals surface area contributed by atoms with Crippen LogP contribution in [0.25, 0.3) is 0 Å². The molecule has 0 atom stereocenters. The maximum absolute atomic E-state index is 13.5. The molecule has 2 aromatic carbocycles. The van der Waals surface area contributed by atoms with Gasteiger partial charge in [-0.2, -0.15) is 0 Å². The minimum Gasteiger partial charge on any atom is -0.481 e. The summed E-state index contributed by atoms with van der Waals surface area (Å²) in [5, 5.41) is 14.6. The highest BCUT2D eigenvalue weighted by atomic mass is 19.2. The molecule has 0 aliphatic rings. The Labute approximate surface area is 194 Å². The number of nitrogens with two attached hydrogens (primary N) is 1. The fourth-order valence-corrected chi connectivity index (χ4v) is 3.03. The number of rotatable bonds is 10. The van der Waals surface area contributed by atoms with Crippen LogP contribution in [0.5, 0.6) is 0 Å². The molecule has 0 spiro atoms. The van der Waals surface area contributed by atoms with Gasteiger partial charge in [0.2, 0.25) is 0 Å². The summed E-state index contributed by atoms with van der Waals surface area (Å²) >= 11 is 0. The van der Waals surface area contributed by atoms with E-state index < -0.39 is 23.5 Å². The molecule has 10 heteroatoms. The Morgan fingerprint density at radius 3 is 2.47 bits per heavy atom. The van der Waals surface area contributed by atoms with Crippen LogP contribution in [-0.2, 0) is 11.3 Å². The zero-order valence-electron chi connectivity index (χ0n) is 18.1. The van der Waals surface area contributed by atoms with Crippen molar-refractivity contribution in [3.63, 3.8) is 0 Å². The van der Waals surface area contributed by atoms with E-state index in [1.54, 1.807) is 35.2 Å². The summed E-state index contributed by atoms with van der Waals surface area (Å²) in [4.78, 5) is 29.3. The molecule has 34 heavy (non-hydrogen) atoms. The van der Waals surface area contributed by atoms with Gasteiger partial charge in [0, 0.05) is 31.0 Å². The molecule has 0 unspecified atom stereocenters. The van der Waals surface area contributed by atoms with Crippen molar-refractivity contribution in [3.05, 3.63) is 96.1 Å². The van der Waals surface area contributed by atoms with Gasteiger partial charge in [-0.1, -0.05) is 24.8 Å². The Kier molecular flexibility index (Phi) is 7.75. The van der Waals surface area contributed by atoms with Crippen LogP contribution >= 0.6 is 0 Å². The van der Waals surface area contributed by atoms with Crippen LogP contribution in [0.1, 0.15) is 22.5 Å². The number of carboxylic acid groups (broad SMARTS) is 1. The topological polar surface area (TPSA) is 121 Å². The lowest BCUT2D eigenvalue weighted by Crippen LogP contribution is -2.29. The molecule has 0 aliphatic carbocycles. The van der Waals surface area contributed by atoms with E-state index in [4.69, 9.17) is 10.8 Å². The van der Waals surface area contributed by atoms with Gasteiger partial charge in [-0.05, 0) is 35.9 Å². The number of carboxylic acids is 1. The fraction of sp³-hybridized carbons (Fsp3) is 0.125. The normalized spacial score (nSPS) is 10.4. The third-order valence-corrected chi connectivity index (χ3v) is 4.83. The zero-order valence-corrected chi connectivity index (χ0v) is 18.1. The molecule has 8 nitrogen and oxygen atoms in total. The standard InChI is InChI=1S/C24H23F2N5O3/c1-15(29-17-7-8-18(25)19(26)12-17)31(11-10-23(32)33)14-16-6-9-22(28-13-16)24(34)30-21-5-3-2-4-20(21)27/h2-9,12-13,29H,1,10-11,14,27H2,(H,30,34)(H,32,33). The first kappa shape index (κ1) is 24.2. The van der Waals surface area contributed by atoms with Crippen molar-refractivity contribution in [1.29, 1.82) is 0 Å². The minimum absolute atomic E-state index is 0.0976. The molecule has 0 aliphatic heterocycles. The minimum atomic E-state index is -1.02. The van der Waals surface area contributed by atoms with Crippen molar-refractivity contribution in [2.75, 3.05) is 22.9 Å². The number of amides is 1. The number of nitrogens with one attached hydrogen (secondary N) is 2. The SMILES string of the molecule is C=C(Nc1ccc(F)c(F)c1)N(CCC(=O)O)Cc1ccc(C(=O)Nc2ccccc2N)nc1. The number of carbonyl (C=O) groups is 2. The lowest BCUT2D eigenvalue weighted by atomic mass is 10.2. The van der Waals surface area contributed by atoms with E-state index in [9.17, 15) is 18.4 Å². The van der Waals surface area contributed by atoms with Crippen LogP contribution < -0.4 is 16.4 Å². The number of hydrogen-bond donors (Lipinski definition) is 4. The maximum Gasteiger partial charge on any atom is 0.305 e. The van der Waals surface area contributed by atoms with E-state index in [0.717, 1.165) is 12.1 Å². The highest BCUT2D eigenvalue weighted by Gasteiger charge is 2.14. The molecule has 0 saturated heterocycles. The van der Waals surface area contributed by atoms with Crippen molar-refractivity contribution in [2.45, 2.75) is 13.0 Å². The van der Waals surface area contributed by atoms with Gasteiger partial charge in [-0.15, -0.1) is 0 Å². The van der Waals surface area contributed by atoms with E-state index in [1.807, 2.05) is 0 Å². The molecule has 0 saturated carbocycles. The first-order valence-corrected chi connectivity index (χ1v) is 10.2. The zero-order chi connectivity index (χ0) is 24.7. The maximum atomic E-state index is 13.5. The number of anilines is 3. The van der Waals surface area contributed by atoms with Gasteiger partial charge in [0.25, 0.3) is 5.91 Å². The second kappa shape index (κ2) is 10.9. The van der Waals surface area contributed by atoms with Crippen molar-refractivity contribution >= 4 is 28.9 Å². The molecular formula is C24H23F2N5O3. The third kappa shape index (κ3) is 6.52. The quantitative estimate of drug-likeness (QED) is 0.332. The Morgan fingerprint density at radius 1 is 1.06 bits per heavy atom. The summed E-state index contributed by atoms with van der Waals surface area (Å²) in [6.45, 7) is 4.20. The molecule has 176 valence electrons. The van der Waals surface area contributed by atoms with Crippen LogP contribution in [0, 0.1) is 11.6 Å². The molecule has 1 aromatic heterocycles. The number of carbonyl (C=O) groups excluding carboxylic acids is 1. The van der Waals surface area contributed by atoms with Gasteiger partial charge >= 0.3 is 5.97 Å². The summed E-state index contributed by atoms with van der Waals surface area (Å²) in [5.74, 6) is -3.16. The molecule has 3 rings (SSSR count). The number of hydrogen-bond acceptors (Lipinski definition) is 6. The number of benzene rings is 2. The molecule has 1 amide bonds. The molecule has 0 fully saturated rings. The Morgan fingerprint density at radius 2 is 1.82 bits per heavy atom. The third-order valence-electron chi connectivity index (χ3n) is 4.83. The van der Waals surface area contributed by atoms with Crippen LogP contribution in [0.4, 0.5) is 25.8 Å². The van der Waals surface area contributed by atoms with Crippen LogP contribution in [0.2, 0.25) is 0 Å². The summed E-state index contributed by atoms with van der Waals surface area (Å²) < 4.78 is 26.7. The van der Waals surface area contributed by atoms with Crippen molar-refractivity contribution in [1.82, 2.24) is 9.88 Å². The Balaban J connectivity index is 1.69. The largest absolute Gasteiger partial charge is 0.481 e. The average Bonchev–Trinajstić information content (AvgIpc) is 2.80. The molecule has 0 bridgehead atoms. The predicted octanol–water partition coefficient (Wildman–Crippen LogP) is 4.05. The molecule has 1 heterocycles. The lowest BCUT2D eigenvalue weighted by Gasteiger charge is -2.27. The first-order chi connectivity index (χ1) is 16.2. The van der Waals surface area contributed by atoms with Gasteiger partial charge < -0.3 is 26.4 Å². The van der Waals surface area contributed by atoms with E-state index in [2.05, 4.69) is 22.2 Å². The van der Waals surface area contributed by atoms with Gasteiger partial charge in [-0.25, -0.2) is 8.78 Å². The summed E-state index contributed by atoms with van der Waals surface area (Å²) in [5.41, 5.74) is 7.84. The molecular weight excluding hydrogens is 444 g/mol. The van der Waals surface area contributed by atoms with Gasteiger partial charge in [0.15, 0.2) is 11.6 Å². The molecule has 0 radical (unpaired) electrons. The Hall–Kier alpha value is -4.47. The van der Waals surface area contributed by atoms with Crippen molar-refractivity contribution in [3.8, 4) is 0 Å². The number of pyridine rings is 1. The molecule has 5 N–H and O–H groups in total. The van der Waals surface area contributed by atoms with E-state index in [-0.39, 0.29) is 36.7 Å². The monoisotopic (exact) mass is 467 g/mol. The number of para-hydroxylation sites is 2. The van der Waals surface area contributed by atoms with Crippen LogP contribution in [-0.4, -0.2) is 33.4 Å². The summed E-state index contributed by atoms with van der Waals surface area (Å²) in [6, 6.07) is 13.3. The van der Waals surface area contributed by atoms with Crippen LogP contribution in [0.15, 0.2) is 73.2 Å². The van der Waals surface area contributed by atoms with Gasteiger partial charge in [0.05, 0.1) is 23.6 Å². The highest BCUT2D eigenvalue weighted by Crippen LogP contribution is 2.19. The lowest BCUT2D eigenvalue weighted by molar-refractivity contribution is -0.137. The fourth-order valence-electron chi connectivity index (χ4n) is 3.03. The first-order valence-electron chi connectivity index (χ1n) is 10.2. The predicted molar refractivity (Wildman–Crippen MR) is 125 cm³/mol. The Bertz CT molecular complexity index is 1200. The summed E-state index contributed by atoms with van der Waals surface area (Å²) in [6.07, 6.45) is 1.31. The molecule has 3 aromatic rings. The van der Waals surface area contributed by atoms with Crippen LogP contribution in [0.3, 0.4) is 0 Å². The van der Waals surface area contributed by atoms with Gasteiger partial charge in [-0.3, -0.25) is 14.6 Å². The van der Waals surface area contributed by atoms with E-state index in [0.29, 0.717) is 16.9 Å². The number of aromatic nitrogens is 1. The van der Waals surface area contributed by atoms with E-state index in [1.165, 1.54) is 18.3 Å². The number of aliphatic carboxylic acids is 1. The van der Waals surface area contributed by atoms with E-state index >= 15 is 0 Å². The smallest absolute Gasteiger partial charge is 0.305 e. The number of halogens is 2. The van der Waals surface area contributed by atoms with Gasteiger partial charge in [0.1, 0.15) is 5.69 Å². The number of nitrogen functional groups attached to an aromatic ring is 1.